The highest BCUT2D eigenvalue weighted by Crippen LogP contribution is 2.05. The molecule has 1 atom stereocenters. The molecule has 0 radical (unpaired) electrons. The second-order valence-electron chi connectivity index (χ2n) is 4.76. The van der Waals surface area contributed by atoms with Gasteiger partial charge in [-0.15, -0.1) is 24.8 Å². The smallest absolute Gasteiger partial charge is 0.239 e. The van der Waals surface area contributed by atoms with Crippen molar-refractivity contribution in [2.75, 3.05) is 13.6 Å². The Kier molecular flexibility index (Phi) is 10.9. The molecule has 2 N–H and O–H groups in total. The van der Waals surface area contributed by atoms with E-state index in [-0.39, 0.29) is 30.7 Å². The molecule has 0 unspecified atom stereocenters. The average molecular weight is 311 g/mol. The summed E-state index contributed by atoms with van der Waals surface area (Å²) >= 11 is 0. The highest BCUT2D eigenvalue weighted by atomic mass is 35.5. The number of hydrogen-bond donors (Lipinski definition) is 1. The summed E-state index contributed by atoms with van der Waals surface area (Å²) in [6.45, 7) is 5.46. The van der Waals surface area contributed by atoms with Crippen LogP contribution in [0.1, 0.15) is 20.3 Å². The van der Waals surface area contributed by atoms with E-state index < -0.39 is 6.04 Å². The van der Waals surface area contributed by atoms with Crippen molar-refractivity contribution in [2.45, 2.75) is 32.9 Å². The van der Waals surface area contributed by atoms with Gasteiger partial charge in [-0.2, -0.15) is 5.10 Å². The SMILES string of the molecule is CC(C)C[C@H](N)C(=O)N(C)CCn1cccn1.Cl.Cl. The Morgan fingerprint density at radius 2 is 2.05 bits per heavy atom. The highest BCUT2D eigenvalue weighted by Gasteiger charge is 2.18. The van der Waals surface area contributed by atoms with E-state index >= 15 is 0 Å². The Morgan fingerprint density at radius 1 is 1.42 bits per heavy atom. The van der Waals surface area contributed by atoms with E-state index in [1.165, 1.54) is 0 Å². The van der Waals surface area contributed by atoms with Crippen LogP contribution in [0.3, 0.4) is 0 Å². The average Bonchev–Trinajstić information content (AvgIpc) is 2.76. The summed E-state index contributed by atoms with van der Waals surface area (Å²) in [6.07, 6.45) is 4.34. The molecule has 0 fully saturated rings. The fraction of sp³-hybridized carbons (Fsp3) is 0.667. The van der Waals surface area contributed by atoms with Gasteiger partial charge >= 0.3 is 0 Å². The molecular weight excluding hydrogens is 287 g/mol. The fourth-order valence-electron chi connectivity index (χ4n) is 1.69. The fourth-order valence-corrected chi connectivity index (χ4v) is 1.69. The summed E-state index contributed by atoms with van der Waals surface area (Å²) in [4.78, 5) is 13.6. The van der Waals surface area contributed by atoms with Gasteiger partial charge in [0.2, 0.25) is 5.91 Å². The van der Waals surface area contributed by atoms with E-state index in [0.29, 0.717) is 19.0 Å². The van der Waals surface area contributed by atoms with E-state index in [2.05, 4.69) is 18.9 Å². The van der Waals surface area contributed by atoms with E-state index in [1.807, 2.05) is 12.3 Å². The second-order valence-corrected chi connectivity index (χ2v) is 4.76. The van der Waals surface area contributed by atoms with Crippen molar-refractivity contribution in [1.29, 1.82) is 0 Å². The normalized spacial score (nSPS) is 11.4. The first-order chi connectivity index (χ1) is 8.00. The summed E-state index contributed by atoms with van der Waals surface area (Å²) in [5.74, 6) is 0.444. The summed E-state index contributed by atoms with van der Waals surface area (Å²) < 4.78 is 1.80. The summed E-state index contributed by atoms with van der Waals surface area (Å²) in [7, 11) is 1.78. The van der Waals surface area contributed by atoms with Crippen molar-refractivity contribution < 1.29 is 4.79 Å². The predicted octanol–water partition coefficient (Wildman–Crippen LogP) is 1.56. The van der Waals surface area contributed by atoms with Gasteiger partial charge in [-0.1, -0.05) is 13.8 Å². The third kappa shape index (κ3) is 7.40. The van der Waals surface area contributed by atoms with Crippen LogP contribution < -0.4 is 5.73 Å². The van der Waals surface area contributed by atoms with Crippen LogP contribution in [0.4, 0.5) is 0 Å². The molecule has 0 aliphatic heterocycles. The number of nitrogens with two attached hydrogens (primary N) is 1. The maximum atomic E-state index is 11.9. The quantitative estimate of drug-likeness (QED) is 0.867. The summed E-state index contributed by atoms with van der Waals surface area (Å²) in [5, 5.41) is 4.09. The molecule has 19 heavy (non-hydrogen) atoms. The van der Waals surface area contributed by atoms with Gasteiger partial charge in [-0.25, -0.2) is 0 Å². The minimum Gasteiger partial charge on any atom is -0.343 e. The lowest BCUT2D eigenvalue weighted by Crippen LogP contribution is -2.43. The van der Waals surface area contributed by atoms with Crippen molar-refractivity contribution in [3.8, 4) is 0 Å². The highest BCUT2D eigenvalue weighted by molar-refractivity contribution is 5.85. The van der Waals surface area contributed by atoms with Crippen LogP contribution in [0, 0.1) is 5.92 Å². The first-order valence-electron chi connectivity index (χ1n) is 5.98. The minimum absolute atomic E-state index is 0. The second kappa shape index (κ2) is 10.1. The van der Waals surface area contributed by atoms with Crippen LogP contribution in [-0.4, -0.2) is 40.2 Å². The molecule has 1 aromatic heterocycles. The number of likely N-dealkylation sites (N-methyl/N-ethyl adjacent to an activating group) is 1. The lowest BCUT2D eigenvalue weighted by Gasteiger charge is -2.22. The molecule has 0 spiro atoms. The van der Waals surface area contributed by atoms with Gasteiger partial charge in [0.1, 0.15) is 0 Å². The van der Waals surface area contributed by atoms with Crippen LogP contribution in [0.5, 0.6) is 0 Å². The number of carbonyl (C=O) groups is 1. The zero-order valence-corrected chi connectivity index (χ0v) is 13.3. The molecule has 5 nitrogen and oxygen atoms in total. The lowest BCUT2D eigenvalue weighted by atomic mass is 10.0. The zero-order chi connectivity index (χ0) is 12.8. The third-order valence-electron chi connectivity index (χ3n) is 2.64. The molecule has 0 aromatic carbocycles. The van der Waals surface area contributed by atoms with Gasteiger partial charge in [0.05, 0.1) is 12.6 Å². The monoisotopic (exact) mass is 310 g/mol. The Bertz CT molecular complexity index is 344. The van der Waals surface area contributed by atoms with Crippen LogP contribution in [0.15, 0.2) is 18.5 Å². The number of rotatable bonds is 6. The topological polar surface area (TPSA) is 64.2 Å². The first kappa shape index (κ1) is 20.5. The zero-order valence-electron chi connectivity index (χ0n) is 11.7. The molecule has 0 bridgehead atoms. The maximum absolute atomic E-state index is 11.9. The van der Waals surface area contributed by atoms with Crippen molar-refractivity contribution in [1.82, 2.24) is 14.7 Å². The van der Waals surface area contributed by atoms with Crippen LogP contribution >= 0.6 is 24.8 Å². The minimum atomic E-state index is -0.391. The van der Waals surface area contributed by atoms with Gasteiger partial charge < -0.3 is 10.6 Å². The summed E-state index contributed by atoms with van der Waals surface area (Å²) in [5.41, 5.74) is 5.85. The van der Waals surface area contributed by atoms with Gasteiger partial charge in [-0.3, -0.25) is 9.48 Å². The van der Waals surface area contributed by atoms with Crippen molar-refractivity contribution in [3.63, 3.8) is 0 Å². The molecule has 1 heterocycles. The number of halogens is 2. The molecule has 1 aromatic rings. The van der Waals surface area contributed by atoms with Gasteiger partial charge in [0.25, 0.3) is 0 Å². The standard InChI is InChI=1S/C12H22N4O.2ClH/c1-10(2)9-11(13)12(17)15(3)7-8-16-6-4-5-14-16;;/h4-6,10-11H,7-9,13H2,1-3H3;2*1H/t11-;;/m0../s1. The maximum Gasteiger partial charge on any atom is 0.239 e. The third-order valence-corrected chi connectivity index (χ3v) is 2.64. The number of amides is 1. The molecule has 1 rings (SSSR count). The predicted molar refractivity (Wildman–Crippen MR) is 81.8 cm³/mol. The first-order valence-corrected chi connectivity index (χ1v) is 5.98. The molecule has 1 amide bonds. The van der Waals surface area contributed by atoms with Crippen LogP contribution in [0.25, 0.3) is 0 Å². The Hall–Kier alpha value is -0.780. The lowest BCUT2D eigenvalue weighted by molar-refractivity contribution is -0.131. The van der Waals surface area contributed by atoms with E-state index in [0.717, 1.165) is 6.42 Å². The number of hydrogen-bond acceptors (Lipinski definition) is 3. The molecular formula is C12H24Cl2N4O. The molecule has 0 saturated carbocycles. The van der Waals surface area contributed by atoms with Crippen LogP contribution in [0.2, 0.25) is 0 Å². The molecule has 0 aliphatic carbocycles. The van der Waals surface area contributed by atoms with Crippen molar-refractivity contribution >= 4 is 30.7 Å². The molecule has 112 valence electrons. The largest absolute Gasteiger partial charge is 0.343 e. The number of aromatic nitrogens is 2. The Balaban J connectivity index is 0. The number of nitrogens with zero attached hydrogens (tertiary/aromatic N) is 3. The molecule has 0 aliphatic rings. The van der Waals surface area contributed by atoms with Gasteiger partial charge in [0.15, 0.2) is 0 Å². The Labute approximate surface area is 127 Å². The molecule has 0 saturated heterocycles. The van der Waals surface area contributed by atoms with E-state index in [9.17, 15) is 4.79 Å². The van der Waals surface area contributed by atoms with Crippen LogP contribution in [-0.2, 0) is 11.3 Å². The number of carbonyl (C=O) groups excluding carboxylic acids is 1. The van der Waals surface area contributed by atoms with E-state index in [1.54, 1.807) is 22.8 Å². The van der Waals surface area contributed by atoms with Gasteiger partial charge in [-0.05, 0) is 18.4 Å². The van der Waals surface area contributed by atoms with Crippen molar-refractivity contribution in [2.24, 2.45) is 11.7 Å². The van der Waals surface area contributed by atoms with Crippen molar-refractivity contribution in [3.05, 3.63) is 18.5 Å². The Morgan fingerprint density at radius 3 is 2.53 bits per heavy atom. The van der Waals surface area contributed by atoms with Gasteiger partial charge in [0, 0.05) is 26.0 Å². The summed E-state index contributed by atoms with van der Waals surface area (Å²) in [6, 6.07) is 1.48. The molecule has 7 heteroatoms. The van der Waals surface area contributed by atoms with E-state index in [4.69, 9.17) is 5.73 Å².